The van der Waals surface area contributed by atoms with Crippen LogP contribution in [0.15, 0.2) is 91.0 Å². The Bertz CT molecular complexity index is 1380. The molecule has 1 saturated carbocycles. The molecular formula is C36H40O5. The molecule has 3 aromatic rings. The molecule has 0 aliphatic heterocycles. The predicted octanol–water partition coefficient (Wildman–Crippen LogP) is 8.42. The van der Waals surface area contributed by atoms with E-state index in [-0.39, 0.29) is 5.57 Å². The Morgan fingerprint density at radius 2 is 1.46 bits per heavy atom. The lowest BCUT2D eigenvalue weighted by molar-refractivity contribution is -0.131. The van der Waals surface area contributed by atoms with Gasteiger partial charge in [-0.25, -0.2) is 9.59 Å². The van der Waals surface area contributed by atoms with Gasteiger partial charge in [0, 0.05) is 11.1 Å². The van der Waals surface area contributed by atoms with Crippen molar-refractivity contribution in [3.63, 3.8) is 0 Å². The lowest BCUT2D eigenvalue weighted by atomic mass is 9.77. The van der Waals surface area contributed by atoms with Gasteiger partial charge in [0.2, 0.25) is 0 Å². The average Bonchev–Trinajstić information content (AvgIpc) is 3.00. The summed E-state index contributed by atoms with van der Waals surface area (Å²) in [7, 11) is 0. The molecule has 0 atom stereocenters. The standard InChI is InChI=1S/C36H40O5/c1-5-6-7-26-8-10-27(11-9-26)28-12-14-30(15-13-28)33-22-31(18-21-34(33)41-36(39)25(4)23-37)29-16-19-32(20-17-29)40-35(38)24(2)3/h12-22,26-27,37H,2,4-11,23H2,1,3H3. The van der Waals surface area contributed by atoms with E-state index in [0.29, 0.717) is 23.0 Å². The minimum Gasteiger partial charge on any atom is -0.423 e. The number of carbonyl (C=O) groups excluding carboxylic acids is 2. The molecule has 1 fully saturated rings. The topological polar surface area (TPSA) is 72.8 Å². The van der Waals surface area contributed by atoms with Gasteiger partial charge in [-0.15, -0.1) is 0 Å². The molecule has 0 spiro atoms. The van der Waals surface area contributed by atoms with E-state index in [2.05, 4.69) is 44.3 Å². The molecule has 0 bridgehead atoms. The molecule has 5 heteroatoms. The summed E-state index contributed by atoms with van der Waals surface area (Å²) in [6, 6.07) is 21.4. The highest BCUT2D eigenvalue weighted by atomic mass is 16.5. The molecule has 1 N–H and O–H groups in total. The fraction of sp³-hybridized carbons (Fsp3) is 0.333. The summed E-state index contributed by atoms with van der Waals surface area (Å²) in [5.41, 5.74) is 5.18. The Kier molecular flexibility index (Phi) is 10.3. The van der Waals surface area contributed by atoms with Crippen LogP contribution in [0.1, 0.15) is 70.3 Å². The number of unbranched alkanes of at least 4 members (excludes halogenated alkanes) is 1. The van der Waals surface area contributed by atoms with E-state index in [4.69, 9.17) is 9.47 Å². The molecular weight excluding hydrogens is 512 g/mol. The van der Waals surface area contributed by atoms with Gasteiger partial charge in [-0.1, -0.05) is 81.8 Å². The van der Waals surface area contributed by atoms with Crippen LogP contribution in [0.25, 0.3) is 22.3 Å². The lowest BCUT2D eigenvalue weighted by Gasteiger charge is -2.29. The smallest absolute Gasteiger partial charge is 0.341 e. The maximum atomic E-state index is 12.5. The Hall–Kier alpha value is -3.96. The SMILES string of the molecule is C=C(C)C(=O)Oc1ccc(-c2ccc(OC(=O)C(=C)CO)c(-c3ccc(C4CCC(CCCC)CC4)cc3)c2)cc1. The van der Waals surface area contributed by atoms with Crippen LogP contribution in [0.3, 0.4) is 0 Å². The number of esters is 2. The van der Waals surface area contributed by atoms with Crippen molar-refractivity contribution in [2.75, 3.05) is 6.61 Å². The van der Waals surface area contributed by atoms with E-state index in [9.17, 15) is 14.7 Å². The lowest BCUT2D eigenvalue weighted by Crippen LogP contribution is -2.13. The first kappa shape index (κ1) is 30.0. The Balaban J connectivity index is 1.58. The molecule has 1 aliphatic carbocycles. The van der Waals surface area contributed by atoms with Gasteiger partial charge in [-0.3, -0.25) is 0 Å². The summed E-state index contributed by atoms with van der Waals surface area (Å²) in [4.78, 5) is 24.3. The van der Waals surface area contributed by atoms with Crippen LogP contribution in [0, 0.1) is 5.92 Å². The third-order valence-electron chi connectivity index (χ3n) is 7.91. The minimum absolute atomic E-state index is 0.00943. The molecule has 4 rings (SSSR count). The first-order chi connectivity index (χ1) is 19.8. The second kappa shape index (κ2) is 14.1. The van der Waals surface area contributed by atoms with E-state index >= 15 is 0 Å². The molecule has 0 aromatic heterocycles. The number of aliphatic hydroxyl groups excluding tert-OH is 1. The summed E-state index contributed by atoms with van der Waals surface area (Å²) in [6.45, 7) is 10.6. The first-order valence-corrected chi connectivity index (χ1v) is 14.5. The van der Waals surface area contributed by atoms with Crippen LogP contribution in [-0.4, -0.2) is 23.7 Å². The van der Waals surface area contributed by atoms with E-state index in [1.807, 2.05) is 24.3 Å². The van der Waals surface area contributed by atoms with Crippen LogP contribution in [0.2, 0.25) is 0 Å². The van der Waals surface area contributed by atoms with Crippen molar-refractivity contribution in [2.45, 2.75) is 64.7 Å². The maximum Gasteiger partial charge on any atom is 0.341 e. The van der Waals surface area contributed by atoms with E-state index < -0.39 is 18.5 Å². The van der Waals surface area contributed by atoms with Gasteiger partial charge < -0.3 is 14.6 Å². The summed E-state index contributed by atoms with van der Waals surface area (Å²) in [5, 5.41) is 9.35. The highest BCUT2D eigenvalue weighted by Gasteiger charge is 2.22. The fourth-order valence-electron chi connectivity index (χ4n) is 5.38. The van der Waals surface area contributed by atoms with Crippen LogP contribution < -0.4 is 9.47 Å². The molecule has 1 aliphatic rings. The second-order valence-corrected chi connectivity index (χ2v) is 11.0. The molecule has 214 valence electrons. The van der Waals surface area contributed by atoms with Gasteiger partial charge in [0.05, 0.1) is 12.2 Å². The fourth-order valence-corrected chi connectivity index (χ4v) is 5.38. The van der Waals surface area contributed by atoms with Gasteiger partial charge in [-0.05, 0) is 91.0 Å². The zero-order chi connectivity index (χ0) is 29.4. The predicted molar refractivity (Wildman–Crippen MR) is 164 cm³/mol. The molecule has 3 aromatic carbocycles. The van der Waals surface area contributed by atoms with Crippen molar-refractivity contribution in [3.05, 3.63) is 96.6 Å². The molecule has 0 radical (unpaired) electrons. The van der Waals surface area contributed by atoms with Crippen molar-refractivity contribution < 1.29 is 24.2 Å². The zero-order valence-corrected chi connectivity index (χ0v) is 24.2. The number of rotatable bonds is 11. The molecule has 0 amide bonds. The van der Waals surface area contributed by atoms with Crippen molar-refractivity contribution >= 4 is 11.9 Å². The number of hydrogen-bond acceptors (Lipinski definition) is 5. The molecule has 41 heavy (non-hydrogen) atoms. The number of carbonyl (C=O) groups is 2. The van der Waals surface area contributed by atoms with Crippen LogP contribution in [0.5, 0.6) is 11.5 Å². The summed E-state index contributed by atoms with van der Waals surface area (Å²) < 4.78 is 11.0. The average molecular weight is 553 g/mol. The zero-order valence-electron chi connectivity index (χ0n) is 24.2. The van der Waals surface area contributed by atoms with Gasteiger partial charge in [0.1, 0.15) is 11.5 Å². The highest BCUT2D eigenvalue weighted by Crippen LogP contribution is 2.40. The van der Waals surface area contributed by atoms with Crippen molar-refractivity contribution in [3.8, 4) is 33.8 Å². The Morgan fingerprint density at radius 3 is 2.07 bits per heavy atom. The molecule has 0 heterocycles. The second-order valence-electron chi connectivity index (χ2n) is 11.0. The summed E-state index contributed by atoms with van der Waals surface area (Å²) in [5.74, 6) is 1.14. The van der Waals surface area contributed by atoms with Crippen molar-refractivity contribution in [1.29, 1.82) is 0 Å². The van der Waals surface area contributed by atoms with E-state index in [1.165, 1.54) is 50.5 Å². The van der Waals surface area contributed by atoms with Gasteiger partial charge in [-0.2, -0.15) is 0 Å². The van der Waals surface area contributed by atoms with Gasteiger partial charge in [0.25, 0.3) is 0 Å². The van der Waals surface area contributed by atoms with Crippen LogP contribution >= 0.6 is 0 Å². The summed E-state index contributed by atoms with van der Waals surface area (Å²) >= 11 is 0. The monoisotopic (exact) mass is 552 g/mol. The Labute approximate surface area is 243 Å². The van der Waals surface area contributed by atoms with E-state index in [1.54, 1.807) is 25.1 Å². The maximum absolute atomic E-state index is 12.5. The minimum atomic E-state index is -0.665. The molecule has 5 nitrogen and oxygen atoms in total. The van der Waals surface area contributed by atoms with Crippen molar-refractivity contribution in [2.24, 2.45) is 5.92 Å². The number of hydrogen-bond donors (Lipinski definition) is 1. The quantitative estimate of drug-likeness (QED) is 0.147. The highest BCUT2D eigenvalue weighted by molar-refractivity contribution is 5.91. The van der Waals surface area contributed by atoms with Crippen LogP contribution in [0.4, 0.5) is 0 Å². The van der Waals surface area contributed by atoms with Gasteiger partial charge >= 0.3 is 11.9 Å². The van der Waals surface area contributed by atoms with Crippen molar-refractivity contribution in [1.82, 2.24) is 0 Å². The van der Waals surface area contributed by atoms with Crippen LogP contribution in [-0.2, 0) is 9.59 Å². The van der Waals surface area contributed by atoms with Gasteiger partial charge in [0.15, 0.2) is 0 Å². The third kappa shape index (κ3) is 7.83. The largest absolute Gasteiger partial charge is 0.423 e. The number of aliphatic hydroxyl groups is 1. The first-order valence-electron chi connectivity index (χ1n) is 14.5. The Morgan fingerprint density at radius 1 is 0.829 bits per heavy atom. The number of ether oxygens (including phenoxy) is 2. The third-order valence-corrected chi connectivity index (χ3v) is 7.91. The van der Waals surface area contributed by atoms with E-state index in [0.717, 1.165) is 28.2 Å². The summed E-state index contributed by atoms with van der Waals surface area (Å²) in [6.07, 6.45) is 9.01. The number of benzene rings is 3. The molecule has 0 saturated heterocycles. The normalized spacial score (nSPS) is 16.6. The molecule has 0 unspecified atom stereocenters.